The third-order valence-corrected chi connectivity index (χ3v) is 3.64. The molecule has 0 aromatic heterocycles. The van der Waals surface area contributed by atoms with E-state index in [1.165, 1.54) is 13.2 Å². The number of methoxy groups -OCH3 is 1. The molecule has 0 aliphatic carbocycles. The zero-order valence-electron chi connectivity index (χ0n) is 11.2. The van der Waals surface area contributed by atoms with Crippen LogP contribution in [0.15, 0.2) is 18.2 Å². The standard InChI is InChI=1S/C14H17ClN2O3/c1-20-14(19)11-7-10(4-5-12(11)15)17-13(18)9-3-2-6-16-8-9/h4-5,7,9,16H,2-3,6,8H2,1H3,(H,17,18)/t9-/m0/s1. The van der Waals surface area contributed by atoms with Crippen LogP contribution in [0.3, 0.4) is 0 Å². The van der Waals surface area contributed by atoms with Crippen LogP contribution in [0.4, 0.5) is 5.69 Å². The molecule has 2 N–H and O–H groups in total. The molecule has 0 radical (unpaired) electrons. The quantitative estimate of drug-likeness (QED) is 0.838. The molecule has 0 unspecified atom stereocenters. The third-order valence-electron chi connectivity index (χ3n) is 3.31. The lowest BCUT2D eigenvalue weighted by molar-refractivity contribution is -0.120. The average Bonchev–Trinajstić information content (AvgIpc) is 2.49. The van der Waals surface area contributed by atoms with Gasteiger partial charge in [0.2, 0.25) is 5.91 Å². The minimum absolute atomic E-state index is 0.0407. The van der Waals surface area contributed by atoms with Gasteiger partial charge < -0.3 is 15.4 Å². The van der Waals surface area contributed by atoms with Gasteiger partial charge in [0.15, 0.2) is 0 Å². The zero-order valence-corrected chi connectivity index (χ0v) is 12.0. The number of ether oxygens (including phenoxy) is 1. The molecule has 1 aliphatic heterocycles. The number of anilines is 1. The van der Waals surface area contributed by atoms with Crippen molar-refractivity contribution in [3.8, 4) is 0 Å². The summed E-state index contributed by atoms with van der Waals surface area (Å²) in [5.74, 6) is -0.609. The molecule has 0 spiro atoms. The minimum atomic E-state index is -0.523. The summed E-state index contributed by atoms with van der Waals surface area (Å²) in [7, 11) is 1.29. The molecule has 1 amide bonds. The smallest absolute Gasteiger partial charge is 0.339 e. The van der Waals surface area contributed by atoms with Crippen LogP contribution < -0.4 is 10.6 Å². The van der Waals surface area contributed by atoms with Crippen molar-refractivity contribution < 1.29 is 14.3 Å². The van der Waals surface area contributed by atoms with Gasteiger partial charge in [-0.15, -0.1) is 0 Å². The molecule has 108 valence electrons. The molecule has 1 heterocycles. The van der Waals surface area contributed by atoms with Crippen LogP contribution in [0, 0.1) is 5.92 Å². The summed E-state index contributed by atoms with van der Waals surface area (Å²) in [6.45, 7) is 1.64. The predicted octanol–water partition coefficient (Wildman–Crippen LogP) is 2.06. The Morgan fingerprint density at radius 3 is 2.90 bits per heavy atom. The highest BCUT2D eigenvalue weighted by atomic mass is 35.5. The molecule has 6 heteroatoms. The van der Waals surface area contributed by atoms with Gasteiger partial charge >= 0.3 is 5.97 Å². The molecule has 1 saturated heterocycles. The minimum Gasteiger partial charge on any atom is -0.465 e. The van der Waals surface area contributed by atoms with Gasteiger partial charge in [-0.3, -0.25) is 4.79 Å². The summed E-state index contributed by atoms with van der Waals surface area (Å²) >= 11 is 5.93. The van der Waals surface area contributed by atoms with E-state index in [2.05, 4.69) is 15.4 Å². The second-order valence-electron chi connectivity index (χ2n) is 4.72. The van der Waals surface area contributed by atoms with Crippen LogP contribution in [0.1, 0.15) is 23.2 Å². The van der Waals surface area contributed by atoms with E-state index in [4.69, 9.17) is 11.6 Å². The lowest BCUT2D eigenvalue weighted by Crippen LogP contribution is -2.37. The number of nitrogens with one attached hydrogen (secondary N) is 2. The summed E-state index contributed by atoms with van der Waals surface area (Å²) in [5.41, 5.74) is 0.791. The molecule has 0 saturated carbocycles. The third kappa shape index (κ3) is 3.49. The monoisotopic (exact) mass is 296 g/mol. The van der Waals surface area contributed by atoms with E-state index in [1.54, 1.807) is 12.1 Å². The van der Waals surface area contributed by atoms with E-state index in [9.17, 15) is 9.59 Å². The molecule has 5 nitrogen and oxygen atoms in total. The molecule has 2 rings (SSSR count). The summed E-state index contributed by atoms with van der Waals surface area (Å²) in [6.07, 6.45) is 1.86. The Hall–Kier alpha value is -1.59. The summed E-state index contributed by atoms with van der Waals surface area (Å²) < 4.78 is 4.65. The van der Waals surface area contributed by atoms with Gasteiger partial charge in [-0.05, 0) is 37.6 Å². The highest BCUT2D eigenvalue weighted by molar-refractivity contribution is 6.33. The van der Waals surface area contributed by atoms with Crippen molar-refractivity contribution in [2.45, 2.75) is 12.8 Å². The number of carbonyl (C=O) groups excluding carboxylic acids is 2. The first-order chi connectivity index (χ1) is 9.61. The van der Waals surface area contributed by atoms with E-state index in [0.29, 0.717) is 17.3 Å². The second kappa shape index (κ2) is 6.72. The Morgan fingerprint density at radius 2 is 2.25 bits per heavy atom. The number of esters is 1. The Kier molecular flexibility index (Phi) is 4.98. The highest BCUT2D eigenvalue weighted by Gasteiger charge is 2.21. The van der Waals surface area contributed by atoms with Crippen LogP contribution in [0.5, 0.6) is 0 Å². The fraction of sp³-hybridized carbons (Fsp3) is 0.429. The highest BCUT2D eigenvalue weighted by Crippen LogP contribution is 2.22. The van der Waals surface area contributed by atoms with Crippen molar-refractivity contribution >= 4 is 29.2 Å². The van der Waals surface area contributed by atoms with Crippen molar-refractivity contribution in [3.05, 3.63) is 28.8 Å². The SMILES string of the molecule is COC(=O)c1cc(NC(=O)[C@H]2CCCNC2)ccc1Cl. The van der Waals surface area contributed by atoms with Crippen molar-refractivity contribution in [2.24, 2.45) is 5.92 Å². The maximum Gasteiger partial charge on any atom is 0.339 e. The summed E-state index contributed by atoms with van der Waals surface area (Å²) in [5, 5.41) is 6.31. The molecule has 1 aromatic rings. The van der Waals surface area contributed by atoms with E-state index < -0.39 is 5.97 Å². The number of benzene rings is 1. The maximum absolute atomic E-state index is 12.1. The number of hydrogen-bond acceptors (Lipinski definition) is 4. The van der Waals surface area contributed by atoms with Crippen molar-refractivity contribution in [2.75, 3.05) is 25.5 Å². The van der Waals surface area contributed by atoms with Gasteiger partial charge in [-0.25, -0.2) is 4.79 Å². The summed E-state index contributed by atoms with van der Waals surface area (Å²) in [6, 6.07) is 4.77. The number of halogens is 1. The molecule has 1 fully saturated rings. The first-order valence-corrected chi connectivity index (χ1v) is 6.89. The van der Waals surface area contributed by atoms with Crippen molar-refractivity contribution in [3.63, 3.8) is 0 Å². The molecule has 1 aliphatic rings. The van der Waals surface area contributed by atoms with E-state index >= 15 is 0 Å². The largest absolute Gasteiger partial charge is 0.465 e. The molecule has 1 aromatic carbocycles. The normalized spacial score (nSPS) is 18.4. The van der Waals surface area contributed by atoms with Crippen molar-refractivity contribution in [1.82, 2.24) is 5.32 Å². The Balaban J connectivity index is 2.09. The second-order valence-corrected chi connectivity index (χ2v) is 5.13. The average molecular weight is 297 g/mol. The first kappa shape index (κ1) is 14.8. The Morgan fingerprint density at radius 1 is 1.45 bits per heavy atom. The number of piperidine rings is 1. The Labute approximate surface area is 122 Å². The zero-order chi connectivity index (χ0) is 14.5. The molecular formula is C14H17ClN2O3. The lowest BCUT2D eigenvalue weighted by Gasteiger charge is -2.22. The number of rotatable bonds is 3. The fourth-order valence-electron chi connectivity index (χ4n) is 2.19. The van der Waals surface area contributed by atoms with Gasteiger partial charge in [-0.2, -0.15) is 0 Å². The summed E-state index contributed by atoms with van der Waals surface area (Å²) in [4.78, 5) is 23.6. The van der Waals surface area contributed by atoms with Crippen LogP contribution in [-0.2, 0) is 9.53 Å². The first-order valence-electron chi connectivity index (χ1n) is 6.51. The molecular weight excluding hydrogens is 280 g/mol. The number of carbonyl (C=O) groups is 2. The fourth-order valence-corrected chi connectivity index (χ4v) is 2.38. The topological polar surface area (TPSA) is 67.4 Å². The van der Waals surface area contributed by atoms with Gasteiger partial charge in [0.25, 0.3) is 0 Å². The van der Waals surface area contributed by atoms with Crippen LogP contribution in [0.2, 0.25) is 5.02 Å². The van der Waals surface area contributed by atoms with Crippen molar-refractivity contribution in [1.29, 1.82) is 0 Å². The number of hydrogen-bond donors (Lipinski definition) is 2. The predicted molar refractivity (Wildman–Crippen MR) is 77.0 cm³/mol. The van der Waals surface area contributed by atoms with E-state index in [1.807, 2.05) is 0 Å². The molecule has 0 bridgehead atoms. The maximum atomic E-state index is 12.1. The Bertz CT molecular complexity index is 513. The number of amides is 1. The van der Waals surface area contributed by atoms with Gasteiger partial charge in [0.1, 0.15) is 0 Å². The van der Waals surface area contributed by atoms with E-state index in [0.717, 1.165) is 19.4 Å². The van der Waals surface area contributed by atoms with Gasteiger partial charge in [0, 0.05) is 12.2 Å². The van der Waals surface area contributed by atoms with Gasteiger partial charge in [-0.1, -0.05) is 11.6 Å². The molecule has 20 heavy (non-hydrogen) atoms. The van der Waals surface area contributed by atoms with Crippen LogP contribution in [-0.4, -0.2) is 32.1 Å². The van der Waals surface area contributed by atoms with E-state index in [-0.39, 0.29) is 17.4 Å². The van der Waals surface area contributed by atoms with Crippen LogP contribution >= 0.6 is 11.6 Å². The van der Waals surface area contributed by atoms with Crippen LogP contribution in [0.25, 0.3) is 0 Å². The lowest BCUT2D eigenvalue weighted by atomic mass is 9.99. The van der Waals surface area contributed by atoms with Gasteiger partial charge in [0.05, 0.1) is 23.6 Å². The molecule has 1 atom stereocenters.